The zero-order valence-electron chi connectivity index (χ0n) is 14.1. The van der Waals surface area contributed by atoms with Gasteiger partial charge < -0.3 is 9.47 Å². The Morgan fingerprint density at radius 3 is 2.61 bits per heavy atom. The second kappa shape index (κ2) is 6.19. The summed E-state index contributed by atoms with van der Waals surface area (Å²) in [5.41, 5.74) is 2.64. The van der Waals surface area contributed by atoms with Gasteiger partial charge in [-0.15, -0.1) is 0 Å². The number of aromatic nitrogens is 2. The highest BCUT2D eigenvalue weighted by atomic mass is 79.9. The number of hydrogen-bond acceptors (Lipinski definition) is 3. The summed E-state index contributed by atoms with van der Waals surface area (Å²) in [5, 5.41) is 0. The summed E-state index contributed by atoms with van der Waals surface area (Å²) >= 11 is 3.48. The van der Waals surface area contributed by atoms with E-state index in [4.69, 9.17) is 9.47 Å². The molecule has 1 aromatic carbocycles. The number of ether oxygens (including phenoxy) is 2. The molecule has 0 radical (unpaired) electrons. The predicted molar refractivity (Wildman–Crippen MR) is 94.4 cm³/mol. The number of rotatable bonds is 4. The van der Waals surface area contributed by atoms with E-state index in [-0.39, 0.29) is 11.5 Å². The number of nitrogens with zero attached hydrogens (tertiary/aromatic N) is 2. The van der Waals surface area contributed by atoms with E-state index in [9.17, 15) is 0 Å². The van der Waals surface area contributed by atoms with Gasteiger partial charge in [0.2, 0.25) is 0 Å². The molecule has 0 saturated heterocycles. The molecule has 1 aliphatic heterocycles. The van der Waals surface area contributed by atoms with Crippen molar-refractivity contribution in [3.63, 3.8) is 0 Å². The van der Waals surface area contributed by atoms with E-state index in [0.717, 1.165) is 23.3 Å². The fourth-order valence-electron chi connectivity index (χ4n) is 2.77. The first-order valence-corrected chi connectivity index (χ1v) is 8.82. The lowest BCUT2D eigenvalue weighted by Crippen LogP contribution is -2.24. The van der Waals surface area contributed by atoms with Crippen LogP contribution in [0.3, 0.4) is 0 Å². The summed E-state index contributed by atoms with van der Waals surface area (Å²) in [5.74, 6) is 0.878. The van der Waals surface area contributed by atoms with Gasteiger partial charge in [-0.25, -0.2) is 0 Å². The van der Waals surface area contributed by atoms with Crippen LogP contribution >= 0.6 is 15.9 Å². The van der Waals surface area contributed by atoms with Gasteiger partial charge in [-0.05, 0) is 45.5 Å². The van der Waals surface area contributed by atoms with Gasteiger partial charge in [0.1, 0.15) is 17.0 Å². The second-order valence-electron chi connectivity index (χ2n) is 6.92. The van der Waals surface area contributed by atoms with Crippen LogP contribution in [0.1, 0.15) is 39.0 Å². The lowest BCUT2D eigenvalue weighted by Gasteiger charge is -2.19. The first-order chi connectivity index (χ1) is 10.9. The minimum atomic E-state index is 0.0122. The SMILES string of the molecule is CCc1c(Br)nc2n1C[C@@H](COc1ccc(C(C)(C)C)cc1)O2. The maximum absolute atomic E-state index is 5.88. The van der Waals surface area contributed by atoms with Crippen LogP contribution in [0.4, 0.5) is 0 Å². The number of halogens is 1. The molecule has 0 fully saturated rings. The van der Waals surface area contributed by atoms with Gasteiger partial charge >= 0.3 is 0 Å². The zero-order valence-corrected chi connectivity index (χ0v) is 15.7. The van der Waals surface area contributed by atoms with Crippen molar-refractivity contribution in [1.82, 2.24) is 9.55 Å². The topological polar surface area (TPSA) is 36.3 Å². The Kier molecular flexibility index (Phi) is 4.41. The van der Waals surface area contributed by atoms with Crippen LogP contribution in [0, 0.1) is 0 Å². The Labute approximate surface area is 146 Å². The van der Waals surface area contributed by atoms with Crippen LogP contribution in [-0.4, -0.2) is 22.3 Å². The summed E-state index contributed by atoms with van der Waals surface area (Å²) in [6.07, 6.45) is 0.942. The Bertz CT molecular complexity index is 686. The van der Waals surface area contributed by atoms with Crippen LogP contribution in [0.2, 0.25) is 0 Å². The van der Waals surface area contributed by atoms with Crippen LogP contribution in [-0.2, 0) is 18.4 Å². The lowest BCUT2D eigenvalue weighted by atomic mass is 9.87. The second-order valence-corrected chi connectivity index (χ2v) is 7.67. The van der Waals surface area contributed by atoms with E-state index in [0.29, 0.717) is 12.6 Å². The molecular weight excluding hydrogens is 356 g/mol. The third-order valence-corrected chi connectivity index (χ3v) is 4.77. The van der Waals surface area contributed by atoms with Gasteiger partial charge in [0.15, 0.2) is 6.10 Å². The van der Waals surface area contributed by atoms with Crippen molar-refractivity contribution in [3.05, 3.63) is 40.1 Å². The third-order valence-electron chi connectivity index (χ3n) is 4.14. The van der Waals surface area contributed by atoms with Gasteiger partial charge in [-0.1, -0.05) is 39.8 Å². The molecule has 0 aliphatic carbocycles. The number of imidazole rings is 1. The van der Waals surface area contributed by atoms with Crippen molar-refractivity contribution in [3.8, 4) is 11.8 Å². The molecule has 0 saturated carbocycles. The smallest absolute Gasteiger partial charge is 0.298 e. The van der Waals surface area contributed by atoms with E-state index < -0.39 is 0 Å². The molecule has 23 heavy (non-hydrogen) atoms. The average Bonchev–Trinajstić information content (AvgIpc) is 3.00. The Morgan fingerprint density at radius 1 is 1.30 bits per heavy atom. The Morgan fingerprint density at radius 2 is 2.00 bits per heavy atom. The monoisotopic (exact) mass is 378 g/mol. The standard InChI is InChI=1S/C18H23BrN2O2/c1-5-15-16(19)20-17-21(15)10-14(23-17)11-22-13-8-6-12(7-9-13)18(2,3)4/h6-9,14H,5,10-11H2,1-4H3/t14-/m0/s1. The molecule has 0 bridgehead atoms. The van der Waals surface area contributed by atoms with Gasteiger partial charge in [-0.2, -0.15) is 4.98 Å². The van der Waals surface area contributed by atoms with Crippen LogP contribution in [0.25, 0.3) is 0 Å². The Balaban J connectivity index is 1.59. The molecule has 2 heterocycles. The molecule has 124 valence electrons. The van der Waals surface area contributed by atoms with Crippen molar-refractivity contribution in [1.29, 1.82) is 0 Å². The van der Waals surface area contributed by atoms with Gasteiger partial charge in [-0.3, -0.25) is 4.57 Å². The molecule has 3 rings (SSSR count). The first-order valence-electron chi connectivity index (χ1n) is 8.03. The van der Waals surface area contributed by atoms with Gasteiger partial charge in [0.05, 0.1) is 12.2 Å². The largest absolute Gasteiger partial charge is 0.490 e. The summed E-state index contributed by atoms with van der Waals surface area (Å²) in [6, 6.07) is 9.00. The van der Waals surface area contributed by atoms with E-state index in [2.05, 4.69) is 65.3 Å². The minimum Gasteiger partial charge on any atom is -0.490 e. The van der Waals surface area contributed by atoms with Crippen molar-refractivity contribution < 1.29 is 9.47 Å². The molecule has 0 N–H and O–H groups in total. The summed E-state index contributed by atoms with van der Waals surface area (Å²) < 4.78 is 14.8. The van der Waals surface area contributed by atoms with E-state index in [1.807, 2.05) is 12.1 Å². The highest BCUT2D eigenvalue weighted by Crippen LogP contribution is 2.30. The van der Waals surface area contributed by atoms with Crippen LogP contribution < -0.4 is 9.47 Å². The molecule has 0 unspecified atom stereocenters. The molecule has 1 aliphatic rings. The molecule has 0 amide bonds. The predicted octanol–water partition coefficient (Wildman–Crippen LogP) is 4.35. The Hall–Kier alpha value is -1.49. The number of hydrogen-bond donors (Lipinski definition) is 0. The van der Waals surface area contributed by atoms with Crippen LogP contribution in [0.5, 0.6) is 11.8 Å². The quantitative estimate of drug-likeness (QED) is 0.793. The minimum absolute atomic E-state index is 0.0122. The molecule has 1 atom stereocenters. The summed E-state index contributed by atoms with van der Waals surface area (Å²) in [4.78, 5) is 4.41. The van der Waals surface area contributed by atoms with Crippen molar-refractivity contribution in [2.24, 2.45) is 0 Å². The average molecular weight is 379 g/mol. The lowest BCUT2D eigenvalue weighted by molar-refractivity contribution is 0.143. The molecule has 2 aromatic rings. The normalized spacial score (nSPS) is 17.0. The molecule has 0 spiro atoms. The van der Waals surface area contributed by atoms with E-state index in [1.165, 1.54) is 11.3 Å². The van der Waals surface area contributed by atoms with Gasteiger partial charge in [0.25, 0.3) is 6.01 Å². The van der Waals surface area contributed by atoms with Crippen LogP contribution in [0.15, 0.2) is 28.9 Å². The fourth-order valence-corrected chi connectivity index (χ4v) is 3.41. The van der Waals surface area contributed by atoms with Gasteiger partial charge in [0, 0.05) is 0 Å². The zero-order chi connectivity index (χ0) is 16.6. The highest BCUT2D eigenvalue weighted by molar-refractivity contribution is 9.10. The van der Waals surface area contributed by atoms with E-state index >= 15 is 0 Å². The molecule has 1 aromatic heterocycles. The molecule has 4 nitrogen and oxygen atoms in total. The maximum atomic E-state index is 5.88. The third kappa shape index (κ3) is 3.39. The summed E-state index contributed by atoms with van der Waals surface area (Å²) in [6.45, 7) is 10.1. The maximum Gasteiger partial charge on any atom is 0.298 e. The van der Waals surface area contributed by atoms with Crippen molar-refractivity contribution in [2.45, 2.75) is 52.2 Å². The number of fused-ring (bicyclic) bond motifs is 1. The summed E-state index contributed by atoms with van der Waals surface area (Å²) in [7, 11) is 0. The van der Waals surface area contributed by atoms with Crippen molar-refractivity contribution >= 4 is 15.9 Å². The fraction of sp³-hybridized carbons (Fsp3) is 0.500. The first kappa shape index (κ1) is 16.4. The number of benzene rings is 1. The van der Waals surface area contributed by atoms with Crippen molar-refractivity contribution in [2.75, 3.05) is 6.61 Å². The highest BCUT2D eigenvalue weighted by Gasteiger charge is 2.28. The van der Waals surface area contributed by atoms with E-state index in [1.54, 1.807) is 0 Å². The molecule has 5 heteroatoms. The molecular formula is C18H23BrN2O2.